The van der Waals surface area contributed by atoms with Gasteiger partial charge in [0.1, 0.15) is 5.82 Å². The number of aromatic nitrogens is 4. The molecule has 0 atom stereocenters. The molecule has 1 saturated heterocycles. The number of ether oxygens (including phenoxy) is 1. The number of hydrogen-bond donors (Lipinski definition) is 1. The molecule has 9 heteroatoms. The molecule has 3 heterocycles. The van der Waals surface area contributed by atoms with Gasteiger partial charge in [-0.15, -0.1) is 0 Å². The lowest BCUT2D eigenvalue weighted by Gasteiger charge is -2.27. The molecule has 1 fully saturated rings. The van der Waals surface area contributed by atoms with Crippen molar-refractivity contribution in [1.29, 1.82) is 0 Å². The van der Waals surface area contributed by atoms with E-state index in [-0.39, 0.29) is 0 Å². The normalized spacial score (nSPS) is 14.3. The highest BCUT2D eigenvalue weighted by Crippen LogP contribution is 2.28. The Morgan fingerprint density at radius 3 is 2.64 bits per heavy atom. The molecule has 0 aliphatic carbocycles. The molecule has 4 aromatic rings. The minimum absolute atomic E-state index is 0.550. The first-order valence-corrected chi connectivity index (χ1v) is 11.2. The summed E-state index contributed by atoms with van der Waals surface area (Å²) in [6.45, 7) is 6.73. The molecule has 0 radical (unpaired) electrons. The first-order valence-electron chi connectivity index (χ1n) is 10.8. The van der Waals surface area contributed by atoms with Crippen LogP contribution in [0.15, 0.2) is 53.6 Å². The third-order valence-electron chi connectivity index (χ3n) is 5.45. The zero-order chi connectivity index (χ0) is 22.8. The summed E-state index contributed by atoms with van der Waals surface area (Å²) in [5.41, 5.74) is 7.50. The Balaban J connectivity index is 1.60. The van der Waals surface area contributed by atoms with E-state index in [2.05, 4.69) is 34.5 Å². The predicted molar refractivity (Wildman–Crippen MR) is 132 cm³/mol. The van der Waals surface area contributed by atoms with E-state index in [0.29, 0.717) is 41.2 Å². The third kappa shape index (κ3) is 4.53. The number of rotatable bonds is 5. The topological polar surface area (TPSA) is 80.5 Å². The van der Waals surface area contributed by atoms with Crippen LogP contribution in [0.5, 0.6) is 0 Å². The number of hydrogen-bond acceptors (Lipinski definition) is 7. The fourth-order valence-electron chi connectivity index (χ4n) is 3.88. The minimum Gasteiger partial charge on any atom is -0.378 e. The Bertz CT molecular complexity index is 1330. The van der Waals surface area contributed by atoms with E-state index in [9.17, 15) is 0 Å². The van der Waals surface area contributed by atoms with Crippen molar-refractivity contribution in [2.45, 2.75) is 13.8 Å². The summed E-state index contributed by atoms with van der Waals surface area (Å²) in [4.78, 5) is 16.5. The van der Waals surface area contributed by atoms with Gasteiger partial charge in [0.15, 0.2) is 17.0 Å². The average molecular weight is 462 g/mol. The molecule has 0 saturated carbocycles. The SMILES string of the molecule is Cc1cccc(C=NNc2nc(N3CCOCC3)nc3c2nc(C)n3-c2cccc(Cl)c2)c1. The van der Waals surface area contributed by atoms with Gasteiger partial charge in [-0.3, -0.25) is 9.99 Å². The highest BCUT2D eigenvalue weighted by Gasteiger charge is 2.21. The summed E-state index contributed by atoms with van der Waals surface area (Å²) in [6.07, 6.45) is 1.77. The summed E-state index contributed by atoms with van der Waals surface area (Å²) in [5, 5.41) is 5.09. The standard InChI is InChI=1S/C24H24ClN7O/c1-16-5-3-6-18(13-16)15-26-30-22-21-23(29-24(28-22)31-9-11-33-12-10-31)32(17(2)27-21)20-8-4-7-19(25)14-20/h3-8,13-15H,9-12H2,1-2H3,(H,28,29,30). The molecular weight excluding hydrogens is 438 g/mol. The van der Waals surface area contributed by atoms with Crippen LogP contribution in [0.3, 0.4) is 0 Å². The van der Waals surface area contributed by atoms with Crippen LogP contribution in [-0.4, -0.2) is 52.0 Å². The van der Waals surface area contributed by atoms with Gasteiger partial charge in [0, 0.05) is 18.1 Å². The van der Waals surface area contributed by atoms with Gasteiger partial charge in [0.2, 0.25) is 5.95 Å². The molecule has 168 valence electrons. The van der Waals surface area contributed by atoms with Crippen molar-refractivity contribution in [1.82, 2.24) is 19.5 Å². The summed E-state index contributed by atoms with van der Waals surface area (Å²) < 4.78 is 7.49. The lowest BCUT2D eigenvalue weighted by atomic mass is 10.2. The largest absolute Gasteiger partial charge is 0.378 e. The van der Waals surface area contributed by atoms with Gasteiger partial charge in [-0.1, -0.05) is 47.5 Å². The fraction of sp³-hybridized carbons (Fsp3) is 0.250. The number of halogens is 1. The first kappa shape index (κ1) is 21.4. The van der Waals surface area contributed by atoms with Crippen molar-refractivity contribution >= 4 is 40.7 Å². The molecule has 5 rings (SSSR count). The van der Waals surface area contributed by atoms with Crippen LogP contribution in [-0.2, 0) is 4.74 Å². The molecular formula is C24H24ClN7O. The Morgan fingerprint density at radius 2 is 1.85 bits per heavy atom. The van der Waals surface area contributed by atoms with Crippen LogP contribution in [0.4, 0.5) is 11.8 Å². The summed E-state index contributed by atoms with van der Waals surface area (Å²) in [5.74, 6) is 1.95. The molecule has 8 nitrogen and oxygen atoms in total. The van der Waals surface area contributed by atoms with Crippen LogP contribution in [0.2, 0.25) is 5.02 Å². The molecule has 0 unspecified atom stereocenters. The smallest absolute Gasteiger partial charge is 0.229 e. The minimum atomic E-state index is 0.550. The van der Waals surface area contributed by atoms with E-state index in [4.69, 9.17) is 31.3 Å². The summed E-state index contributed by atoms with van der Waals surface area (Å²) in [6, 6.07) is 15.8. The van der Waals surface area contributed by atoms with Gasteiger partial charge < -0.3 is 9.64 Å². The van der Waals surface area contributed by atoms with Crippen molar-refractivity contribution in [3.05, 3.63) is 70.5 Å². The molecule has 0 spiro atoms. The fourth-order valence-corrected chi connectivity index (χ4v) is 4.07. The second kappa shape index (κ2) is 9.17. The molecule has 0 amide bonds. The number of nitrogens with zero attached hydrogens (tertiary/aromatic N) is 6. The first-order chi connectivity index (χ1) is 16.1. The number of morpholine rings is 1. The van der Waals surface area contributed by atoms with Gasteiger partial charge in [-0.05, 0) is 37.6 Å². The molecule has 33 heavy (non-hydrogen) atoms. The zero-order valence-corrected chi connectivity index (χ0v) is 19.3. The lowest BCUT2D eigenvalue weighted by Crippen LogP contribution is -2.37. The Morgan fingerprint density at radius 1 is 1.03 bits per heavy atom. The van der Waals surface area contributed by atoms with E-state index in [1.165, 1.54) is 5.56 Å². The Hall–Kier alpha value is -3.49. The number of imidazole rings is 1. The highest BCUT2D eigenvalue weighted by atomic mass is 35.5. The second-order valence-electron chi connectivity index (χ2n) is 7.90. The van der Waals surface area contributed by atoms with Crippen LogP contribution in [0.1, 0.15) is 17.0 Å². The van der Waals surface area contributed by atoms with Crippen molar-refractivity contribution < 1.29 is 4.74 Å². The van der Waals surface area contributed by atoms with Crippen molar-refractivity contribution in [2.75, 3.05) is 36.6 Å². The van der Waals surface area contributed by atoms with E-state index in [1.54, 1.807) is 6.21 Å². The maximum Gasteiger partial charge on any atom is 0.229 e. The Kier molecular flexibility index (Phi) is 5.93. The van der Waals surface area contributed by atoms with E-state index in [0.717, 1.165) is 30.2 Å². The van der Waals surface area contributed by atoms with Crippen LogP contribution in [0, 0.1) is 13.8 Å². The van der Waals surface area contributed by atoms with Crippen molar-refractivity contribution in [3.8, 4) is 5.69 Å². The number of anilines is 2. The zero-order valence-electron chi connectivity index (χ0n) is 18.5. The predicted octanol–water partition coefficient (Wildman–Crippen LogP) is 4.37. The molecule has 2 aromatic carbocycles. The van der Waals surface area contributed by atoms with Crippen molar-refractivity contribution in [3.63, 3.8) is 0 Å². The van der Waals surface area contributed by atoms with E-state index < -0.39 is 0 Å². The number of benzene rings is 2. The van der Waals surface area contributed by atoms with Gasteiger partial charge in [0.05, 0.1) is 25.1 Å². The second-order valence-corrected chi connectivity index (χ2v) is 8.34. The summed E-state index contributed by atoms with van der Waals surface area (Å²) in [7, 11) is 0. The molecule has 1 aliphatic rings. The van der Waals surface area contributed by atoms with Gasteiger partial charge in [-0.25, -0.2) is 4.98 Å². The molecule has 2 aromatic heterocycles. The number of nitrogens with one attached hydrogen (secondary N) is 1. The lowest BCUT2D eigenvalue weighted by molar-refractivity contribution is 0.122. The third-order valence-corrected chi connectivity index (χ3v) is 5.68. The van der Waals surface area contributed by atoms with Crippen molar-refractivity contribution in [2.24, 2.45) is 5.10 Å². The molecule has 1 aliphatic heterocycles. The number of fused-ring (bicyclic) bond motifs is 1. The van der Waals surface area contributed by atoms with Crippen LogP contribution >= 0.6 is 11.6 Å². The highest BCUT2D eigenvalue weighted by molar-refractivity contribution is 6.30. The maximum absolute atomic E-state index is 6.27. The Labute approximate surface area is 196 Å². The molecule has 0 bridgehead atoms. The van der Waals surface area contributed by atoms with Crippen LogP contribution in [0.25, 0.3) is 16.9 Å². The monoisotopic (exact) mass is 461 g/mol. The number of aryl methyl sites for hydroxylation is 2. The number of hydrazone groups is 1. The maximum atomic E-state index is 6.27. The van der Waals surface area contributed by atoms with E-state index in [1.807, 2.05) is 47.9 Å². The summed E-state index contributed by atoms with van der Waals surface area (Å²) >= 11 is 6.27. The van der Waals surface area contributed by atoms with Gasteiger partial charge in [-0.2, -0.15) is 15.1 Å². The average Bonchev–Trinajstić information content (AvgIpc) is 3.15. The van der Waals surface area contributed by atoms with E-state index >= 15 is 0 Å². The van der Waals surface area contributed by atoms with Gasteiger partial charge in [0.25, 0.3) is 0 Å². The van der Waals surface area contributed by atoms with Crippen LogP contribution < -0.4 is 10.3 Å². The molecule has 1 N–H and O–H groups in total. The quantitative estimate of drug-likeness (QED) is 0.351. The van der Waals surface area contributed by atoms with Gasteiger partial charge >= 0.3 is 0 Å².